The van der Waals surface area contributed by atoms with E-state index in [-0.39, 0.29) is 0 Å². The summed E-state index contributed by atoms with van der Waals surface area (Å²) in [5, 5.41) is 0. The van der Waals surface area contributed by atoms with Crippen LogP contribution in [0.15, 0.2) is 24.8 Å². The van der Waals surface area contributed by atoms with E-state index in [0.29, 0.717) is 0 Å². The van der Waals surface area contributed by atoms with Gasteiger partial charge in [0.2, 0.25) is 0 Å². The van der Waals surface area contributed by atoms with Crippen molar-refractivity contribution < 1.29 is 0 Å². The van der Waals surface area contributed by atoms with Crippen LogP contribution < -0.4 is 0 Å². The molecule has 0 aliphatic rings. The summed E-state index contributed by atoms with van der Waals surface area (Å²) in [4.78, 5) is 0. The molecule has 0 aromatic heterocycles. The van der Waals surface area contributed by atoms with E-state index in [1.807, 2.05) is 6.08 Å². The lowest BCUT2D eigenvalue weighted by Gasteiger charge is -2.00. The van der Waals surface area contributed by atoms with E-state index in [2.05, 4.69) is 25.7 Å². The summed E-state index contributed by atoms with van der Waals surface area (Å²) in [6.07, 6.45) is 29.0. The molecule has 124 valence electrons. The van der Waals surface area contributed by atoms with Gasteiger partial charge >= 0.3 is 0 Å². The zero-order valence-corrected chi connectivity index (χ0v) is 14.8. The van der Waals surface area contributed by atoms with Crippen LogP contribution in [0.2, 0.25) is 0 Å². The van der Waals surface area contributed by atoms with Crippen LogP contribution in [0.5, 0.6) is 0 Å². The Hall–Kier alpha value is -0.520. The smallest absolute Gasteiger partial charge is 0.0351 e. The van der Waals surface area contributed by atoms with Gasteiger partial charge in [0.25, 0.3) is 0 Å². The molecular formula is C21H40. The van der Waals surface area contributed by atoms with Crippen LogP contribution in [-0.4, -0.2) is 0 Å². The molecule has 0 radical (unpaired) electrons. The monoisotopic (exact) mass is 292 g/mol. The van der Waals surface area contributed by atoms with Crippen molar-refractivity contribution in [3.8, 4) is 0 Å². The zero-order valence-electron chi connectivity index (χ0n) is 14.8. The van der Waals surface area contributed by atoms with Crippen molar-refractivity contribution in [1.29, 1.82) is 0 Å². The van der Waals surface area contributed by atoms with Gasteiger partial charge in [0.1, 0.15) is 0 Å². The first-order chi connectivity index (χ1) is 10.4. The molecule has 0 heteroatoms. The molecule has 0 spiro atoms. The number of allylic oxidation sites excluding steroid dienone is 3. The minimum absolute atomic E-state index is 1.20. The fraction of sp³-hybridized carbons (Fsp3) is 0.810. The van der Waals surface area contributed by atoms with Gasteiger partial charge in [-0.2, -0.15) is 0 Å². The second-order valence-electron chi connectivity index (χ2n) is 6.37. The highest BCUT2D eigenvalue weighted by atomic mass is 14.0. The van der Waals surface area contributed by atoms with E-state index in [1.165, 1.54) is 103 Å². The van der Waals surface area contributed by atoms with Crippen molar-refractivity contribution in [3.05, 3.63) is 24.8 Å². The predicted molar refractivity (Wildman–Crippen MR) is 98.9 cm³/mol. The minimum atomic E-state index is 1.20. The zero-order chi connectivity index (χ0) is 15.4. The van der Waals surface area contributed by atoms with Crippen LogP contribution in [-0.2, 0) is 0 Å². The molecule has 0 aliphatic heterocycles. The van der Waals surface area contributed by atoms with Crippen LogP contribution in [0.25, 0.3) is 0 Å². The highest BCUT2D eigenvalue weighted by molar-refractivity contribution is 4.81. The molecule has 0 N–H and O–H groups in total. The molecule has 0 heterocycles. The van der Waals surface area contributed by atoms with Gasteiger partial charge in [0.05, 0.1) is 0 Å². The molecule has 0 aromatic carbocycles. The lowest BCUT2D eigenvalue weighted by Crippen LogP contribution is -1.80. The molecule has 0 aliphatic carbocycles. The standard InChI is InChI=1S/C21H40/c1-3-5-7-9-11-13-15-17-19-21-20-18-16-14-12-10-8-6-4-2/h3,18,20H,1,4-17,19,21H2,2H3. The molecule has 0 fully saturated rings. The Bertz CT molecular complexity index is 214. The summed E-state index contributed by atoms with van der Waals surface area (Å²) in [6.45, 7) is 6.05. The molecule has 0 unspecified atom stereocenters. The molecule has 0 bridgehead atoms. The summed E-state index contributed by atoms with van der Waals surface area (Å²) in [7, 11) is 0. The van der Waals surface area contributed by atoms with Crippen LogP contribution in [0, 0.1) is 0 Å². The number of rotatable bonds is 17. The van der Waals surface area contributed by atoms with E-state index in [1.54, 1.807) is 0 Å². The van der Waals surface area contributed by atoms with Gasteiger partial charge in [-0.3, -0.25) is 0 Å². The van der Waals surface area contributed by atoms with Crippen molar-refractivity contribution in [2.75, 3.05) is 0 Å². The maximum Gasteiger partial charge on any atom is -0.0351 e. The molecule has 21 heavy (non-hydrogen) atoms. The minimum Gasteiger partial charge on any atom is -0.103 e. The number of unbranched alkanes of at least 4 members (excludes halogenated alkanes) is 14. The van der Waals surface area contributed by atoms with E-state index >= 15 is 0 Å². The van der Waals surface area contributed by atoms with Gasteiger partial charge in [-0.15, -0.1) is 6.58 Å². The van der Waals surface area contributed by atoms with Crippen LogP contribution in [0.1, 0.15) is 110 Å². The summed E-state index contributed by atoms with van der Waals surface area (Å²) >= 11 is 0. The molecule has 0 rings (SSSR count). The first kappa shape index (κ1) is 20.5. The SMILES string of the molecule is C=CCCCCCCCCCC=CCCCCCCCC. The molecule has 0 aromatic rings. The average Bonchev–Trinajstić information content (AvgIpc) is 2.50. The first-order valence-electron chi connectivity index (χ1n) is 9.67. The molecule has 0 nitrogen and oxygen atoms in total. The normalized spacial score (nSPS) is 11.3. The third kappa shape index (κ3) is 19.5. The van der Waals surface area contributed by atoms with Crippen molar-refractivity contribution in [2.45, 2.75) is 110 Å². The van der Waals surface area contributed by atoms with E-state index < -0.39 is 0 Å². The second-order valence-corrected chi connectivity index (χ2v) is 6.37. The quantitative estimate of drug-likeness (QED) is 0.188. The van der Waals surface area contributed by atoms with E-state index in [9.17, 15) is 0 Å². The van der Waals surface area contributed by atoms with Crippen LogP contribution >= 0.6 is 0 Å². The summed E-state index contributed by atoms with van der Waals surface area (Å²) < 4.78 is 0. The van der Waals surface area contributed by atoms with Crippen molar-refractivity contribution in [3.63, 3.8) is 0 Å². The lowest BCUT2D eigenvalue weighted by atomic mass is 10.1. The maximum absolute atomic E-state index is 3.77. The lowest BCUT2D eigenvalue weighted by molar-refractivity contribution is 0.583. The fourth-order valence-corrected chi connectivity index (χ4v) is 2.71. The maximum atomic E-state index is 3.77. The van der Waals surface area contributed by atoms with Crippen LogP contribution in [0.3, 0.4) is 0 Å². The molecule has 0 amide bonds. The highest BCUT2D eigenvalue weighted by Crippen LogP contribution is 2.11. The largest absolute Gasteiger partial charge is 0.103 e. The second kappa shape index (κ2) is 19.5. The Labute approximate surface area is 135 Å². The Balaban J connectivity index is 3.03. The van der Waals surface area contributed by atoms with Crippen molar-refractivity contribution >= 4 is 0 Å². The summed E-state index contributed by atoms with van der Waals surface area (Å²) in [6, 6.07) is 0. The van der Waals surface area contributed by atoms with Gasteiger partial charge in [0, 0.05) is 0 Å². The predicted octanol–water partition coefficient (Wildman–Crippen LogP) is 7.99. The Kier molecular flexibility index (Phi) is 19.0. The topological polar surface area (TPSA) is 0 Å². The summed E-state index contributed by atoms with van der Waals surface area (Å²) in [5.74, 6) is 0. The van der Waals surface area contributed by atoms with Gasteiger partial charge in [-0.1, -0.05) is 89.4 Å². The van der Waals surface area contributed by atoms with Crippen molar-refractivity contribution in [2.24, 2.45) is 0 Å². The van der Waals surface area contributed by atoms with Gasteiger partial charge < -0.3 is 0 Å². The molecular weight excluding hydrogens is 252 g/mol. The number of hydrogen-bond acceptors (Lipinski definition) is 0. The third-order valence-corrected chi connectivity index (χ3v) is 4.17. The Morgan fingerprint density at radius 1 is 0.524 bits per heavy atom. The van der Waals surface area contributed by atoms with Crippen LogP contribution in [0.4, 0.5) is 0 Å². The Morgan fingerprint density at radius 2 is 0.905 bits per heavy atom. The fourth-order valence-electron chi connectivity index (χ4n) is 2.71. The first-order valence-corrected chi connectivity index (χ1v) is 9.67. The number of hydrogen-bond donors (Lipinski definition) is 0. The molecule has 0 saturated carbocycles. The van der Waals surface area contributed by atoms with Gasteiger partial charge in [-0.25, -0.2) is 0 Å². The molecule has 0 saturated heterocycles. The highest BCUT2D eigenvalue weighted by Gasteiger charge is 1.91. The molecule has 0 atom stereocenters. The summed E-state index contributed by atoms with van der Waals surface area (Å²) in [5.41, 5.74) is 0. The Morgan fingerprint density at radius 3 is 1.33 bits per heavy atom. The van der Waals surface area contributed by atoms with E-state index in [0.717, 1.165) is 0 Å². The van der Waals surface area contributed by atoms with Gasteiger partial charge in [-0.05, 0) is 38.5 Å². The third-order valence-electron chi connectivity index (χ3n) is 4.17. The van der Waals surface area contributed by atoms with Crippen molar-refractivity contribution in [1.82, 2.24) is 0 Å². The van der Waals surface area contributed by atoms with E-state index in [4.69, 9.17) is 0 Å². The van der Waals surface area contributed by atoms with Gasteiger partial charge in [0.15, 0.2) is 0 Å². The average molecular weight is 293 g/mol.